The van der Waals surface area contributed by atoms with Crippen molar-refractivity contribution in [2.75, 3.05) is 24.7 Å². The van der Waals surface area contributed by atoms with E-state index in [2.05, 4.69) is 47.4 Å². The molecule has 6 rings (SSSR count). The van der Waals surface area contributed by atoms with Gasteiger partial charge in [-0.05, 0) is 0 Å². The number of hydrogen-bond acceptors (Lipinski definition) is 27. The Balaban J connectivity index is 0.00000704. The minimum atomic E-state index is -6.53. The zero-order chi connectivity index (χ0) is 44.2. The van der Waals surface area contributed by atoms with Gasteiger partial charge >= 0.3 is 68.1 Å². The smallest absolute Gasteiger partial charge is 0.387 e. The summed E-state index contributed by atoms with van der Waals surface area (Å²) < 4.78 is 108. The number of nitrogen functional groups attached to an aromatic ring is 2. The molecule has 2 aliphatic rings. The minimum absolute atomic E-state index is 0. The molecule has 12 N–H and O–H groups in total. The van der Waals surface area contributed by atoms with Gasteiger partial charge in [0.1, 0.15) is 60.3 Å². The van der Waals surface area contributed by atoms with E-state index in [1.807, 2.05) is 0 Å². The van der Waals surface area contributed by atoms with E-state index in [0.29, 0.717) is 6.92 Å². The molecule has 7 unspecified atom stereocenters. The molecule has 61 heavy (non-hydrogen) atoms. The highest BCUT2D eigenvalue weighted by Crippen LogP contribution is 2.75. The predicted octanol–water partition coefficient (Wildman–Crippen LogP) is -2.67. The number of ether oxygens (including phenoxy) is 2. The number of nitrogens with zero attached hydrogens (tertiary/aromatic N) is 8. The third kappa shape index (κ3) is 11.4. The van der Waals surface area contributed by atoms with Gasteiger partial charge in [-0.15, -0.1) is 0 Å². The largest absolute Gasteiger partial charge is 0.550 e. The average Bonchev–Trinajstić information content (AvgIpc) is 3.86. The lowest BCUT2D eigenvalue weighted by atomic mass is 10.1. The van der Waals surface area contributed by atoms with Crippen molar-refractivity contribution >= 4 is 102 Å². The van der Waals surface area contributed by atoms with Gasteiger partial charge in [-0.1, -0.05) is 0 Å². The third-order valence-corrected chi connectivity index (χ3v) is 15.8. The van der Waals surface area contributed by atoms with Crippen molar-refractivity contribution in [3.63, 3.8) is 0 Å². The highest BCUT2D eigenvalue weighted by Gasteiger charge is 2.54. The normalized spacial score (nSPS) is 28.4. The van der Waals surface area contributed by atoms with Gasteiger partial charge in [0.25, 0.3) is 0 Å². The second-order valence-corrected chi connectivity index (χ2v) is 20.0. The first-order chi connectivity index (χ1) is 27.8. The summed E-state index contributed by atoms with van der Waals surface area (Å²) in [6.07, 6.45) is -9.75. The molecule has 0 aromatic carbocycles. The monoisotopic (exact) mass is 984 g/mol. The molecule has 336 valence electrons. The molecule has 4 aromatic heterocycles. The number of aromatic nitrogens is 8. The van der Waals surface area contributed by atoms with Gasteiger partial charge in [-0.2, -0.15) is 17.2 Å². The number of imidazole rings is 2. The molecular formula is C22H33MgN10O23P5. The molecule has 0 aliphatic carbocycles. The summed E-state index contributed by atoms with van der Waals surface area (Å²) in [5.74, 6) is -1.84. The molecule has 33 nitrogen and oxygen atoms in total. The first kappa shape index (κ1) is 49.5. The molecule has 0 radical (unpaired) electrons. The molecule has 39 heteroatoms. The van der Waals surface area contributed by atoms with Crippen molar-refractivity contribution in [3.05, 3.63) is 25.3 Å². The number of phosphoric acid groups is 5. The van der Waals surface area contributed by atoms with E-state index in [0.717, 1.165) is 34.4 Å². The topological polar surface area (TPSA) is 487 Å². The second-order valence-electron chi connectivity index (χ2n) is 12.1. The Labute approximate surface area is 354 Å². The standard InChI is InChI=1S/C22H31N10O23P5.Mg.2H/c1-8(33)51-60(46,54-58(43,44)53-57(41,42)52-56(38,39)40)55-59(45,47-2-9-13(34)15(36)21(49-9)31-6-29-11-17(23)25-4-27-19(11)31)48-3-10-14(35)16(37)22(50-10)32-7-30-12-18(24)26-5-28-20(12)32;;;/h4-7,9-10,13-16,21-22,34-37H,2-3H2,1H3,(H,41,42)(H,43,44)(H2,23,25,27)(H2,24,26,28)(H2,38,39,40);;;/t9-,10-,13?,14?,15?,16?,21-,22-,59?,60?;;;/m1.../s1. The Morgan fingerprint density at radius 3 is 1.49 bits per heavy atom. The third-order valence-electron chi connectivity index (χ3n) is 7.85. The van der Waals surface area contributed by atoms with E-state index in [-0.39, 0.29) is 57.0 Å². The van der Waals surface area contributed by atoms with E-state index < -0.39 is 107 Å². The SMILES string of the molecule is CC(=O)OP(=O)(OP(=O)(O)OP(=O)(O)OP(=O)(O)O)OP(=O)(OC[C@H]1O[C@@H](n2cnc3c(N)ncnc32)C(O)C1O)OC[C@H]1O[C@@H](n2cnc3c(N)ncnc32)C(O)C1O.[MgH2]. The van der Waals surface area contributed by atoms with Crippen LogP contribution in [0, 0.1) is 0 Å². The lowest BCUT2D eigenvalue weighted by Crippen LogP contribution is -2.34. The maximum atomic E-state index is 14.3. The zero-order valence-electron chi connectivity index (χ0n) is 29.5. The number of hydrogen-bond donors (Lipinski definition) is 10. The van der Waals surface area contributed by atoms with E-state index in [1.165, 1.54) is 0 Å². The molecule has 0 amide bonds. The molecule has 6 heterocycles. The van der Waals surface area contributed by atoms with Gasteiger partial charge in [0.05, 0.1) is 25.9 Å². The fraction of sp³-hybridized carbons (Fsp3) is 0.500. The van der Waals surface area contributed by atoms with Crippen LogP contribution in [0.15, 0.2) is 25.3 Å². The fourth-order valence-corrected chi connectivity index (χ4v) is 12.4. The molecule has 2 saturated heterocycles. The number of fused-ring (bicyclic) bond motifs is 2. The summed E-state index contributed by atoms with van der Waals surface area (Å²) in [6, 6.07) is 0. The van der Waals surface area contributed by atoms with E-state index in [4.69, 9.17) is 44.1 Å². The van der Waals surface area contributed by atoms with Gasteiger partial charge < -0.3 is 65.5 Å². The number of aliphatic hydroxyl groups excluding tert-OH is 4. The van der Waals surface area contributed by atoms with Crippen LogP contribution in [0.5, 0.6) is 0 Å². The Morgan fingerprint density at radius 1 is 0.656 bits per heavy atom. The van der Waals surface area contributed by atoms with E-state index >= 15 is 0 Å². The van der Waals surface area contributed by atoms with Crippen LogP contribution < -0.4 is 11.5 Å². The van der Waals surface area contributed by atoms with Crippen LogP contribution in [0.3, 0.4) is 0 Å². The molecule has 11 atom stereocenters. The maximum Gasteiger partial charge on any atom is 0.550 e. The van der Waals surface area contributed by atoms with E-state index in [1.54, 1.807) is 0 Å². The highest BCUT2D eigenvalue weighted by molar-refractivity contribution is 7.71. The molecular weight excluding hydrogens is 951 g/mol. The van der Waals surface area contributed by atoms with Crippen molar-refractivity contribution < 1.29 is 108 Å². The number of carbonyl (C=O) groups excluding carboxylic acids is 1. The fourth-order valence-electron chi connectivity index (χ4n) is 5.47. The Kier molecular flexibility index (Phi) is 15.0. The lowest BCUT2D eigenvalue weighted by Gasteiger charge is -2.26. The number of carbonyl (C=O) groups is 1. The number of aliphatic hydroxyl groups is 4. The molecule has 2 aliphatic heterocycles. The highest BCUT2D eigenvalue weighted by atomic mass is 31.3. The van der Waals surface area contributed by atoms with Crippen molar-refractivity contribution in [2.45, 2.75) is 56.0 Å². The molecule has 0 bridgehead atoms. The Hall–Kier alpha value is -2.55. The van der Waals surface area contributed by atoms with Gasteiger partial charge in [-0.25, -0.2) is 52.7 Å². The summed E-state index contributed by atoms with van der Waals surface area (Å²) >= 11 is 0. The number of phosphoric ester groups is 1. The minimum Gasteiger partial charge on any atom is -0.387 e. The molecule has 2 fully saturated rings. The van der Waals surface area contributed by atoms with E-state index in [9.17, 15) is 57.8 Å². The van der Waals surface area contributed by atoms with Crippen LogP contribution in [-0.4, -0.2) is 158 Å². The van der Waals surface area contributed by atoms with Gasteiger partial charge in [-0.3, -0.25) is 23.0 Å². The summed E-state index contributed by atoms with van der Waals surface area (Å²) in [7, 11) is -31.1. The first-order valence-corrected chi connectivity index (χ1v) is 23.4. The maximum absolute atomic E-state index is 14.3. The van der Waals surface area contributed by atoms with Crippen molar-refractivity contribution in [1.29, 1.82) is 0 Å². The van der Waals surface area contributed by atoms with Crippen LogP contribution in [-0.2, 0) is 67.9 Å². The van der Waals surface area contributed by atoms with Crippen molar-refractivity contribution in [2.24, 2.45) is 0 Å². The average molecular weight is 985 g/mol. The Bertz CT molecular complexity index is 2400. The molecule has 0 spiro atoms. The van der Waals surface area contributed by atoms with Crippen LogP contribution in [0.2, 0.25) is 0 Å². The summed E-state index contributed by atoms with van der Waals surface area (Å²) in [5.41, 5.74) is 11.7. The zero-order valence-corrected chi connectivity index (χ0v) is 34.0. The van der Waals surface area contributed by atoms with Crippen molar-refractivity contribution in [3.8, 4) is 0 Å². The molecule has 0 saturated carbocycles. The van der Waals surface area contributed by atoms with Crippen LogP contribution in [0.1, 0.15) is 19.4 Å². The Morgan fingerprint density at radius 2 is 1.08 bits per heavy atom. The van der Waals surface area contributed by atoms with Gasteiger partial charge in [0.2, 0.25) is 0 Å². The number of rotatable bonds is 17. The quantitative estimate of drug-likeness (QED) is 0.0381. The summed E-state index contributed by atoms with van der Waals surface area (Å²) in [4.78, 5) is 72.7. The predicted molar refractivity (Wildman–Crippen MR) is 195 cm³/mol. The number of anilines is 2. The van der Waals surface area contributed by atoms with Crippen LogP contribution >= 0.6 is 39.1 Å². The lowest BCUT2D eigenvalue weighted by molar-refractivity contribution is -0.133. The first-order valence-electron chi connectivity index (χ1n) is 15.9. The summed E-state index contributed by atoms with van der Waals surface area (Å²) in [5, 5.41) is 43.4. The van der Waals surface area contributed by atoms with Crippen molar-refractivity contribution in [1.82, 2.24) is 39.0 Å². The second kappa shape index (κ2) is 18.5. The van der Waals surface area contributed by atoms with Crippen LogP contribution in [0.4, 0.5) is 11.6 Å². The van der Waals surface area contributed by atoms with Crippen LogP contribution in [0.25, 0.3) is 22.3 Å². The van der Waals surface area contributed by atoms with Gasteiger partial charge in [0, 0.05) is 6.92 Å². The molecule has 4 aromatic rings. The number of nitrogens with two attached hydrogens (primary N) is 2. The van der Waals surface area contributed by atoms with Gasteiger partial charge in [0.15, 0.2) is 35.4 Å². The summed E-state index contributed by atoms with van der Waals surface area (Å²) in [6.45, 7) is -1.95.